The molecule has 1 aromatic rings. The van der Waals surface area contributed by atoms with E-state index in [-0.39, 0.29) is 22.7 Å². The number of carboxylic acids is 1. The van der Waals surface area contributed by atoms with Crippen LogP contribution in [0, 0.1) is 17.3 Å². The highest BCUT2D eigenvalue weighted by atomic mass is 19.4. The van der Waals surface area contributed by atoms with Gasteiger partial charge in [0.05, 0.1) is 11.1 Å². The Morgan fingerprint density at radius 2 is 1.59 bits per heavy atom. The number of ketones is 1. The molecule has 0 spiro atoms. The Hall–Kier alpha value is -1.89. The Morgan fingerprint density at radius 1 is 1.11 bits per heavy atom. The van der Waals surface area contributed by atoms with Gasteiger partial charge in [-0.1, -0.05) is 34.6 Å². The lowest BCUT2D eigenvalue weighted by Crippen LogP contribution is -2.52. The monoisotopic (exact) mass is 394 g/mol. The van der Waals surface area contributed by atoms with Gasteiger partial charge in [0, 0.05) is 11.8 Å². The standard InChI is InChI=1S/C12H22O2.C8H5F3O2/c1-6-10(13)12(14)9(3)7-8(2)11(12,4)5;9-8(10,11)6-3-1-5(2-4-6)7(12)13/h8-9,14H,6-7H2,1-5H3;1-4H,(H,12,13)/t8?,9-,12+;/m1./s1/i;1+1,2+1,3+1,4+1,5+1,6+1. The van der Waals surface area contributed by atoms with Crippen molar-refractivity contribution >= 4 is 11.8 Å². The molecule has 0 bridgehead atoms. The van der Waals surface area contributed by atoms with Gasteiger partial charge >= 0.3 is 12.1 Å². The Balaban J connectivity index is 0.000000271. The SMILES string of the molecule is CCC(=O)[C@@]1(O)[C@H](C)CC(C)C1(C)C.O=C(O)[13c]1[13cH][13cH][13c](C(F)(F)F)[13cH][13cH]1. The van der Waals surface area contributed by atoms with Gasteiger partial charge in [-0.15, -0.1) is 0 Å². The minimum absolute atomic E-state index is 0.000602. The van der Waals surface area contributed by atoms with E-state index >= 15 is 0 Å². The molecule has 1 aliphatic carbocycles. The van der Waals surface area contributed by atoms with E-state index in [4.69, 9.17) is 5.11 Å². The van der Waals surface area contributed by atoms with Crippen molar-refractivity contribution in [3.63, 3.8) is 0 Å². The number of benzene rings is 1. The maximum atomic E-state index is 12.0. The molecule has 0 aliphatic heterocycles. The van der Waals surface area contributed by atoms with Crippen molar-refractivity contribution in [3.05, 3.63) is 35.4 Å². The third kappa shape index (κ3) is 4.51. The summed E-state index contributed by atoms with van der Waals surface area (Å²) >= 11 is 0. The van der Waals surface area contributed by atoms with Gasteiger partial charge in [-0.05, 0) is 42.5 Å². The number of hydrogen-bond donors (Lipinski definition) is 2. The molecule has 1 unspecified atom stereocenters. The fraction of sp³-hybridized carbons (Fsp3) is 0.600. The zero-order chi connectivity index (χ0) is 21.2. The van der Waals surface area contributed by atoms with Crippen LogP contribution in [0.2, 0.25) is 0 Å². The fourth-order valence-electron chi connectivity index (χ4n) is 3.71. The van der Waals surface area contributed by atoms with E-state index in [1.807, 2.05) is 27.7 Å². The van der Waals surface area contributed by atoms with Crippen molar-refractivity contribution in [2.45, 2.75) is 59.2 Å². The molecular formula is C20H27F3O4. The summed E-state index contributed by atoms with van der Waals surface area (Å²) in [6.45, 7) is 9.95. The molecule has 3 atom stereocenters. The van der Waals surface area contributed by atoms with Crippen molar-refractivity contribution in [3.8, 4) is 0 Å². The Bertz CT molecular complexity index is 679. The zero-order valence-corrected chi connectivity index (χ0v) is 16.2. The maximum Gasteiger partial charge on any atom is 0.416 e. The number of carboxylic acid groups (broad SMARTS) is 1. The van der Waals surface area contributed by atoms with E-state index in [1.54, 1.807) is 0 Å². The molecule has 0 saturated heterocycles. The minimum Gasteiger partial charge on any atom is -0.478 e. The molecule has 1 saturated carbocycles. The molecule has 1 aromatic carbocycles. The van der Waals surface area contributed by atoms with Crippen LogP contribution in [0.3, 0.4) is 0 Å². The summed E-state index contributed by atoms with van der Waals surface area (Å²) in [7, 11) is 0. The Labute approximate surface area is 157 Å². The lowest BCUT2D eigenvalue weighted by Gasteiger charge is -2.40. The number of carbonyl (C=O) groups excluding carboxylic acids is 1. The molecule has 1 fully saturated rings. The summed E-state index contributed by atoms with van der Waals surface area (Å²) in [5.41, 5.74) is -2.41. The maximum absolute atomic E-state index is 12.0. The molecule has 0 heterocycles. The predicted molar refractivity (Wildman–Crippen MR) is 95.4 cm³/mol. The summed E-state index contributed by atoms with van der Waals surface area (Å²) in [6.07, 6.45) is -3.05. The van der Waals surface area contributed by atoms with Crippen LogP contribution >= 0.6 is 0 Å². The largest absolute Gasteiger partial charge is 0.478 e. The third-order valence-corrected chi connectivity index (χ3v) is 5.84. The summed E-state index contributed by atoms with van der Waals surface area (Å²) in [5, 5.41) is 19.0. The van der Waals surface area contributed by atoms with Gasteiger partial charge in [-0.2, -0.15) is 13.2 Å². The van der Waals surface area contributed by atoms with Crippen LogP contribution in [0.1, 0.15) is 63.4 Å². The van der Waals surface area contributed by atoms with Crippen LogP contribution in [0.15, 0.2) is 24.3 Å². The minimum atomic E-state index is -4.42. The van der Waals surface area contributed by atoms with E-state index in [0.717, 1.165) is 30.7 Å². The highest BCUT2D eigenvalue weighted by Crippen LogP contribution is 2.53. The number of carbonyl (C=O) groups is 2. The van der Waals surface area contributed by atoms with Crippen molar-refractivity contribution in [1.82, 2.24) is 0 Å². The molecule has 2 rings (SSSR count). The summed E-state index contributed by atoms with van der Waals surface area (Å²) < 4.78 is 35.9. The van der Waals surface area contributed by atoms with Gasteiger partial charge in [-0.3, -0.25) is 4.79 Å². The number of aromatic carboxylic acids is 1. The van der Waals surface area contributed by atoms with Crippen LogP contribution < -0.4 is 0 Å². The topological polar surface area (TPSA) is 74.6 Å². The number of hydrogen-bond acceptors (Lipinski definition) is 3. The highest BCUT2D eigenvalue weighted by molar-refractivity contribution is 5.88. The van der Waals surface area contributed by atoms with Gasteiger partial charge in [0.15, 0.2) is 5.78 Å². The summed E-state index contributed by atoms with van der Waals surface area (Å²) in [6, 6.07) is 3.32. The molecule has 152 valence electrons. The summed E-state index contributed by atoms with van der Waals surface area (Å²) in [5.74, 6) is -0.758. The molecule has 0 radical (unpaired) electrons. The second-order valence-electron chi connectivity index (χ2n) is 7.68. The lowest BCUT2D eigenvalue weighted by molar-refractivity contribution is -0.154. The Morgan fingerprint density at radius 3 is 1.89 bits per heavy atom. The quantitative estimate of drug-likeness (QED) is 0.772. The molecule has 4 nitrogen and oxygen atoms in total. The Kier molecular flexibility index (Phi) is 6.86. The highest BCUT2D eigenvalue weighted by Gasteiger charge is 2.59. The number of halogens is 3. The first-order valence-electron chi connectivity index (χ1n) is 8.85. The summed E-state index contributed by atoms with van der Waals surface area (Å²) in [4.78, 5) is 22.1. The molecule has 7 heteroatoms. The van der Waals surface area contributed by atoms with Crippen LogP contribution in [0.25, 0.3) is 0 Å². The predicted octanol–water partition coefficient (Wildman–Crippen LogP) is 4.80. The average Bonchev–Trinajstić information content (AvgIpc) is 2.74. The smallest absolute Gasteiger partial charge is 0.416 e. The van der Waals surface area contributed by atoms with Crippen LogP contribution in [0.5, 0.6) is 0 Å². The van der Waals surface area contributed by atoms with Gasteiger partial charge in [0.2, 0.25) is 0 Å². The molecule has 2 N–H and O–H groups in total. The van der Waals surface area contributed by atoms with Crippen molar-refractivity contribution in [2.75, 3.05) is 0 Å². The number of rotatable bonds is 3. The average molecular weight is 394 g/mol. The number of alkyl halides is 3. The second-order valence-corrected chi connectivity index (χ2v) is 7.68. The molecule has 0 amide bonds. The van der Waals surface area contributed by atoms with Crippen LogP contribution in [-0.4, -0.2) is 27.6 Å². The molecule has 0 aromatic heterocycles. The van der Waals surface area contributed by atoms with Crippen molar-refractivity contribution in [1.29, 1.82) is 0 Å². The number of aliphatic hydroxyl groups is 1. The van der Waals surface area contributed by atoms with Crippen molar-refractivity contribution < 1.29 is 33.0 Å². The third-order valence-electron chi connectivity index (χ3n) is 5.84. The molecule has 27 heavy (non-hydrogen) atoms. The van der Waals surface area contributed by atoms with E-state index in [9.17, 15) is 27.9 Å². The first-order valence-corrected chi connectivity index (χ1v) is 8.85. The van der Waals surface area contributed by atoms with Gasteiger partial charge in [-0.25, -0.2) is 4.79 Å². The van der Waals surface area contributed by atoms with E-state index in [2.05, 4.69) is 6.92 Å². The van der Waals surface area contributed by atoms with Crippen LogP contribution in [0.4, 0.5) is 13.2 Å². The normalized spacial score (nSPS) is 26.9. The van der Waals surface area contributed by atoms with Gasteiger partial charge in [0.25, 0.3) is 0 Å². The van der Waals surface area contributed by atoms with Gasteiger partial charge < -0.3 is 10.2 Å². The fourth-order valence-corrected chi connectivity index (χ4v) is 3.71. The molecular weight excluding hydrogens is 367 g/mol. The van der Waals surface area contributed by atoms with Crippen molar-refractivity contribution in [2.24, 2.45) is 17.3 Å². The van der Waals surface area contributed by atoms with E-state index in [1.165, 1.54) is 0 Å². The lowest BCUT2D eigenvalue weighted by atomic mass is 9.68. The zero-order valence-electron chi connectivity index (χ0n) is 16.2. The molecule has 1 aliphatic rings. The first-order chi connectivity index (χ1) is 12.2. The van der Waals surface area contributed by atoms with E-state index in [0.29, 0.717) is 12.3 Å². The second kappa shape index (κ2) is 8.00. The number of Topliss-reactive ketones (excluding diaryl/α,β-unsaturated/α-hetero) is 1. The van der Waals surface area contributed by atoms with Crippen LogP contribution in [-0.2, 0) is 11.0 Å². The first kappa shape index (κ1) is 23.1. The van der Waals surface area contributed by atoms with E-state index < -0.39 is 23.3 Å². The van der Waals surface area contributed by atoms with Gasteiger partial charge in [0.1, 0.15) is 5.60 Å².